The van der Waals surface area contributed by atoms with Crippen molar-refractivity contribution in [3.8, 4) is 0 Å². The zero-order valence-corrected chi connectivity index (χ0v) is 13.4. The lowest BCUT2D eigenvalue weighted by Crippen LogP contribution is -2.40. The molecule has 1 amide bonds. The Labute approximate surface area is 131 Å². The molecule has 0 aliphatic carbocycles. The number of hydrogen-bond donors (Lipinski definition) is 0. The number of esters is 1. The van der Waals surface area contributed by atoms with E-state index in [1.54, 1.807) is 0 Å². The summed E-state index contributed by atoms with van der Waals surface area (Å²) in [6.45, 7) is 5.90. The highest BCUT2D eigenvalue weighted by atomic mass is 16.6. The van der Waals surface area contributed by atoms with E-state index in [4.69, 9.17) is 9.47 Å². The van der Waals surface area contributed by atoms with Crippen LogP contribution in [0.1, 0.15) is 39.5 Å². The predicted molar refractivity (Wildman–Crippen MR) is 81.1 cm³/mol. The van der Waals surface area contributed by atoms with E-state index < -0.39 is 17.4 Å². The molecule has 1 unspecified atom stereocenters. The highest BCUT2D eigenvalue weighted by Crippen LogP contribution is 2.52. The van der Waals surface area contributed by atoms with Crippen molar-refractivity contribution < 1.29 is 19.1 Å². The van der Waals surface area contributed by atoms with Gasteiger partial charge in [0.15, 0.2) is 0 Å². The summed E-state index contributed by atoms with van der Waals surface area (Å²) < 4.78 is 11.4. The van der Waals surface area contributed by atoms with Crippen LogP contribution in [-0.4, -0.2) is 48.2 Å². The second-order valence-corrected chi connectivity index (χ2v) is 6.53. The number of amides is 1. The quantitative estimate of drug-likeness (QED) is 0.409. The summed E-state index contributed by atoms with van der Waals surface area (Å²) in [5.41, 5.74) is -0.593. The molecule has 0 radical (unpaired) electrons. The number of hydrogen-bond acceptors (Lipinski definition) is 4. The largest absolute Gasteiger partial charge is 0.465 e. The van der Waals surface area contributed by atoms with Crippen molar-refractivity contribution in [1.29, 1.82) is 0 Å². The van der Waals surface area contributed by atoms with Crippen molar-refractivity contribution in [2.24, 2.45) is 11.8 Å². The standard InChI is InChI=1S/C17H25NO4/c1-3-5-9-18-11-17-8-7-12(22-17)13(14(17)15(18)19)16(20)21-10-6-4-2/h7-8,12-14H,3-6,9-11H2,1-2H3/t12-,13?,14-,17+/m0/s1. The first-order valence-corrected chi connectivity index (χ1v) is 8.45. The van der Waals surface area contributed by atoms with Gasteiger partial charge in [-0.05, 0) is 12.8 Å². The second-order valence-electron chi connectivity index (χ2n) is 6.53. The average molecular weight is 307 g/mol. The molecule has 0 aromatic carbocycles. The fraction of sp³-hybridized carbons (Fsp3) is 0.765. The maximum absolute atomic E-state index is 12.7. The molecule has 2 bridgehead atoms. The van der Waals surface area contributed by atoms with E-state index in [0.29, 0.717) is 13.2 Å². The van der Waals surface area contributed by atoms with E-state index in [1.807, 2.05) is 17.1 Å². The van der Waals surface area contributed by atoms with Gasteiger partial charge in [-0.15, -0.1) is 0 Å². The van der Waals surface area contributed by atoms with E-state index in [1.165, 1.54) is 0 Å². The van der Waals surface area contributed by atoms with E-state index >= 15 is 0 Å². The highest BCUT2D eigenvalue weighted by Gasteiger charge is 2.67. The predicted octanol–water partition coefficient (Wildman–Crippen LogP) is 1.91. The Morgan fingerprint density at radius 3 is 2.91 bits per heavy atom. The van der Waals surface area contributed by atoms with Gasteiger partial charge in [0.25, 0.3) is 0 Å². The number of rotatable bonds is 7. The molecule has 2 saturated heterocycles. The minimum Gasteiger partial charge on any atom is -0.465 e. The molecule has 3 aliphatic rings. The summed E-state index contributed by atoms with van der Waals surface area (Å²) >= 11 is 0. The van der Waals surface area contributed by atoms with Crippen LogP contribution in [0.3, 0.4) is 0 Å². The third kappa shape index (κ3) is 2.35. The molecule has 3 heterocycles. The Morgan fingerprint density at radius 1 is 1.41 bits per heavy atom. The lowest BCUT2D eigenvalue weighted by atomic mass is 9.77. The monoisotopic (exact) mass is 307 g/mol. The van der Waals surface area contributed by atoms with Gasteiger partial charge in [0.1, 0.15) is 11.5 Å². The molecule has 122 valence electrons. The van der Waals surface area contributed by atoms with E-state index in [9.17, 15) is 9.59 Å². The number of fused-ring (bicyclic) bond motifs is 1. The molecule has 0 N–H and O–H groups in total. The smallest absolute Gasteiger partial charge is 0.312 e. The summed E-state index contributed by atoms with van der Waals surface area (Å²) in [5, 5.41) is 0. The Kier molecular flexibility index (Phi) is 4.26. The Bertz CT molecular complexity index is 489. The second kappa shape index (κ2) is 6.03. The van der Waals surface area contributed by atoms with Crippen LogP contribution in [0.4, 0.5) is 0 Å². The van der Waals surface area contributed by atoms with Crippen molar-refractivity contribution in [1.82, 2.24) is 4.90 Å². The normalized spacial score (nSPS) is 35.3. The molecule has 0 aromatic rings. The maximum Gasteiger partial charge on any atom is 0.312 e. The molecule has 0 aromatic heterocycles. The number of carbonyl (C=O) groups is 2. The van der Waals surface area contributed by atoms with Crippen LogP contribution in [-0.2, 0) is 19.1 Å². The Balaban J connectivity index is 1.73. The van der Waals surface area contributed by atoms with Crippen LogP contribution in [0, 0.1) is 11.8 Å². The number of nitrogens with zero attached hydrogens (tertiary/aromatic N) is 1. The molecule has 3 rings (SSSR count). The Hall–Kier alpha value is -1.36. The highest BCUT2D eigenvalue weighted by molar-refractivity contribution is 5.91. The van der Waals surface area contributed by atoms with E-state index in [-0.39, 0.29) is 18.0 Å². The van der Waals surface area contributed by atoms with Gasteiger partial charge >= 0.3 is 5.97 Å². The summed E-state index contributed by atoms with van der Waals surface area (Å²) in [6, 6.07) is 0. The maximum atomic E-state index is 12.7. The van der Waals surface area contributed by atoms with Crippen molar-refractivity contribution in [3.63, 3.8) is 0 Å². The summed E-state index contributed by atoms with van der Waals surface area (Å²) in [5.74, 6) is -1.09. The lowest BCUT2D eigenvalue weighted by molar-refractivity contribution is -0.153. The first kappa shape index (κ1) is 15.5. The first-order valence-electron chi connectivity index (χ1n) is 8.45. The van der Waals surface area contributed by atoms with Crippen molar-refractivity contribution in [3.05, 3.63) is 12.2 Å². The Morgan fingerprint density at radius 2 is 2.18 bits per heavy atom. The van der Waals surface area contributed by atoms with Gasteiger partial charge in [-0.25, -0.2) is 0 Å². The van der Waals surface area contributed by atoms with Crippen LogP contribution in [0.15, 0.2) is 12.2 Å². The van der Waals surface area contributed by atoms with Crippen molar-refractivity contribution in [2.45, 2.75) is 51.2 Å². The summed E-state index contributed by atoms with van der Waals surface area (Å²) in [6.07, 6.45) is 7.48. The molecule has 1 spiro atoms. The molecular weight excluding hydrogens is 282 g/mol. The molecule has 5 heteroatoms. The van der Waals surface area contributed by atoms with Gasteiger partial charge in [-0.1, -0.05) is 38.8 Å². The van der Waals surface area contributed by atoms with Crippen LogP contribution in [0.25, 0.3) is 0 Å². The van der Waals surface area contributed by atoms with Crippen LogP contribution in [0.2, 0.25) is 0 Å². The van der Waals surface area contributed by atoms with Crippen LogP contribution < -0.4 is 0 Å². The van der Waals surface area contributed by atoms with Gasteiger partial charge in [-0.2, -0.15) is 0 Å². The topological polar surface area (TPSA) is 55.8 Å². The lowest BCUT2D eigenvalue weighted by Gasteiger charge is -2.22. The average Bonchev–Trinajstić information content (AvgIpc) is 3.14. The first-order chi connectivity index (χ1) is 10.6. The fourth-order valence-electron chi connectivity index (χ4n) is 3.80. The summed E-state index contributed by atoms with van der Waals surface area (Å²) in [4.78, 5) is 27.0. The SMILES string of the molecule is CCCCOC(=O)C1[C@@H]2C=C[C@]3(CN(CCCC)C(=O)[C@H]13)O2. The van der Waals surface area contributed by atoms with Crippen LogP contribution >= 0.6 is 0 Å². The van der Waals surface area contributed by atoms with Crippen LogP contribution in [0.5, 0.6) is 0 Å². The molecule has 0 saturated carbocycles. The molecule has 2 fully saturated rings. The minimum absolute atomic E-state index is 0.0535. The van der Waals surface area contributed by atoms with Gasteiger partial charge in [0.05, 0.1) is 25.2 Å². The van der Waals surface area contributed by atoms with E-state index in [0.717, 1.165) is 32.2 Å². The molecule has 3 aliphatic heterocycles. The number of likely N-dealkylation sites (tertiary alicyclic amines) is 1. The van der Waals surface area contributed by atoms with Gasteiger partial charge in [-0.3, -0.25) is 9.59 Å². The molecule has 22 heavy (non-hydrogen) atoms. The zero-order valence-electron chi connectivity index (χ0n) is 13.4. The van der Waals surface area contributed by atoms with Gasteiger partial charge in [0.2, 0.25) is 5.91 Å². The third-order valence-corrected chi connectivity index (χ3v) is 4.97. The fourth-order valence-corrected chi connectivity index (χ4v) is 3.80. The number of carbonyl (C=O) groups excluding carboxylic acids is 2. The summed E-state index contributed by atoms with van der Waals surface area (Å²) in [7, 11) is 0. The van der Waals surface area contributed by atoms with E-state index in [2.05, 4.69) is 13.8 Å². The van der Waals surface area contributed by atoms with Crippen molar-refractivity contribution >= 4 is 11.9 Å². The number of ether oxygens (including phenoxy) is 2. The van der Waals surface area contributed by atoms with Gasteiger partial charge < -0.3 is 14.4 Å². The molecular formula is C17H25NO4. The molecule has 5 nitrogen and oxygen atoms in total. The zero-order chi connectivity index (χ0) is 15.7. The van der Waals surface area contributed by atoms with Gasteiger partial charge in [0, 0.05) is 6.54 Å². The minimum atomic E-state index is -0.593. The third-order valence-electron chi connectivity index (χ3n) is 4.97. The number of unbranched alkanes of at least 4 members (excludes halogenated alkanes) is 2. The molecule has 4 atom stereocenters. The van der Waals surface area contributed by atoms with Crippen molar-refractivity contribution in [2.75, 3.05) is 19.7 Å².